The summed E-state index contributed by atoms with van der Waals surface area (Å²) < 4.78 is 23.0. The fourth-order valence-electron chi connectivity index (χ4n) is 2.28. The Bertz CT molecular complexity index is 728. The van der Waals surface area contributed by atoms with Gasteiger partial charge in [-0.2, -0.15) is 0 Å². The third kappa shape index (κ3) is 6.20. The molecule has 5 nitrogen and oxygen atoms in total. The van der Waals surface area contributed by atoms with Gasteiger partial charge in [-0.1, -0.05) is 24.3 Å². The summed E-state index contributed by atoms with van der Waals surface area (Å²) >= 11 is 0. The maximum Gasteiger partial charge on any atom is 0.306 e. The molecular weight excluding hydrogens is 337 g/mol. The van der Waals surface area contributed by atoms with Crippen LogP contribution in [0.3, 0.4) is 0 Å². The molecule has 0 radical (unpaired) electrons. The number of halogens is 1. The van der Waals surface area contributed by atoms with Crippen LogP contribution in [0, 0.1) is 5.82 Å². The summed E-state index contributed by atoms with van der Waals surface area (Å²) in [6.07, 6.45) is -0.324. The highest BCUT2D eigenvalue weighted by Crippen LogP contribution is 2.11. The number of carbonyl (C=O) groups excluding carboxylic acids is 2. The molecule has 1 amide bonds. The first-order valence-electron chi connectivity index (χ1n) is 8.32. The van der Waals surface area contributed by atoms with E-state index in [0.717, 1.165) is 16.9 Å². The van der Waals surface area contributed by atoms with Crippen LogP contribution in [0.25, 0.3) is 0 Å². The first-order chi connectivity index (χ1) is 12.5. The van der Waals surface area contributed by atoms with Gasteiger partial charge in [0, 0.05) is 13.0 Å². The van der Waals surface area contributed by atoms with E-state index in [-0.39, 0.29) is 18.1 Å². The quantitative estimate of drug-likeness (QED) is 0.736. The van der Waals surface area contributed by atoms with Crippen LogP contribution in [-0.2, 0) is 27.3 Å². The molecule has 0 aliphatic rings. The third-order valence-electron chi connectivity index (χ3n) is 3.83. The largest absolute Gasteiger partial charge is 0.497 e. The van der Waals surface area contributed by atoms with Gasteiger partial charge in [0.2, 0.25) is 0 Å². The number of esters is 1. The highest BCUT2D eigenvalue weighted by atomic mass is 19.1. The van der Waals surface area contributed by atoms with Crippen molar-refractivity contribution in [3.05, 3.63) is 65.5 Å². The number of carbonyl (C=O) groups is 2. The molecule has 1 N–H and O–H groups in total. The highest BCUT2D eigenvalue weighted by molar-refractivity contribution is 5.83. The van der Waals surface area contributed by atoms with Crippen LogP contribution < -0.4 is 10.1 Å². The van der Waals surface area contributed by atoms with Gasteiger partial charge in [0.15, 0.2) is 6.10 Å². The van der Waals surface area contributed by atoms with Crippen LogP contribution in [0.5, 0.6) is 5.75 Å². The molecule has 26 heavy (non-hydrogen) atoms. The number of ether oxygens (including phenoxy) is 2. The molecule has 0 saturated carbocycles. The van der Waals surface area contributed by atoms with Crippen molar-refractivity contribution in [2.24, 2.45) is 0 Å². The van der Waals surface area contributed by atoms with E-state index in [2.05, 4.69) is 5.32 Å². The molecule has 2 aromatic rings. The van der Waals surface area contributed by atoms with E-state index >= 15 is 0 Å². The molecule has 0 saturated heterocycles. The Kier molecular flexibility index (Phi) is 7.14. The van der Waals surface area contributed by atoms with Crippen molar-refractivity contribution in [2.75, 3.05) is 7.11 Å². The van der Waals surface area contributed by atoms with Crippen LogP contribution in [0.2, 0.25) is 0 Å². The molecule has 0 bridgehead atoms. The van der Waals surface area contributed by atoms with Gasteiger partial charge in [-0.05, 0) is 48.7 Å². The molecule has 1 atom stereocenters. The first kappa shape index (κ1) is 19.4. The summed E-state index contributed by atoms with van der Waals surface area (Å²) in [6, 6.07) is 13.2. The van der Waals surface area contributed by atoms with Crippen molar-refractivity contribution < 1.29 is 23.5 Å². The third-order valence-corrected chi connectivity index (χ3v) is 3.83. The van der Waals surface area contributed by atoms with Gasteiger partial charge in [-0.3, -0.25) is 9.59 Å². The van der Waals surface area contributed by atoms with Crippen LogP contribution >= 0.6 is 0 Å². The molecular formula is C20H22FNO4. The van der Waals surface area contributed by atoms with E-state index in [1.54, 1.807) is 31.4 Å². The molecule has 0 fully saturated rings. The van der Waals surface area contributed by atoms with Gasteiger partial charge in [0.25, 0.3) is 5.91 Å². The lowest BCUT2D eigenvalue weighted by Crippen LogP contribution is -2.35. The number of methoxy groups -OCH3 is 1. The normalized spacial score (nSPS) is 11.5. The molecule has 6 heteroatoms. The summed E-state index contributed by atoms with van der Waals surface area (Å²) in [4.78, 5) is 23.9. The molecule has 0 aromatic heterocycles. The number of nitrogens with one attached hydrogen (secondary N) is 1. The van der Waals surface area contributed by atoms with Gasteiger partial charge in [-0.25, -0.2) is 4.39 Å². The maximum atomic E-state index is 12.8. The average molecular weight is 359 g/mol. The molecule has 0 heterocycles. The second-order valence-electron chi connectivity index (χ2n) is 5.82. The van der Waals surface area contributed by atoms with E-state index in [1.807, 2.05) is 12.1 Å². The average Bonchev–Trinajstić information content (AvgIpc) is 2.66. The lowest BCUT2D eigenvalue weighted by Gasteiger charge is -2.14. The molecule has 2 rings (SSSR count). The second kappa shape index (κ2) is 9.56. The zero-order valence-corrected chi connectivity index (χ0v) is 14.8. The Labute approximate surface area is 152 Å². The SMILES string of the molecule is COc1ccc(CNC(=O)[C@@H](C)OC(=O)CCc2ccc(F)cc2)cc1. The van der Waals surface area contributed by atoms with E-state index in [0.29, 0.717) is 13.0 Å². The topological polar surface area (TPSA) is 64.6 Å². The van der Waals surface area contributed by atoms with E-state index < -0.39 is 12.1 Å². The van der Waals surface area contributed by atoms with Gasteiger partial charge in [-0.15, -0.1) is 0 Å². The second-order valence-corrected chi connectivity index (χ2v) is 5.82. The molecule has 0 aliphatic heterocycles. The summed E-state index contributed by atoms with van der Waals surface area (Å²) in [5, 5.41) is 2.72. The van der Waals surface area contributed by atoms with Crippen molar-refractivity contribution in [1.82, 2.24) is 5.32 Å². The fraction of sp³-hybridized carbons (Fsp3) is 0.300. The molecule has 138 valence electrons. The van der Waals surface area contributed by atoms with E-state index in [9.17, 15) is 14.0 Å². The summed E-state index contributed by atoms with van der Waals surface area (Å²) in [5.74, 6) is -0.417. The lowest BCUT2D eigenvalue weighted by molar-refractivity contribution is -0.154. The smallest absolute Gasteiger partial charge is 0.306 e. The Balaban J connectivity index is 1.72. The van der Waals surface area contributed by atoms with Crippen LogP contribution in [0.4, 0.5) is 4.39 Å². The number of rotatable bonds is 8. The Morgan fingerprint density at radius 3 is 2.27 bits per heavy atom. The number of hydrogen-bond donors (Lipinski definition) is 1. The summed E-state index contributed by atoms with van der Waals surface area (Å²) in [6.45, 7) is 1.86. The summed E-state index contributed by atoms with van der Waals surface area (Å²) in [5.41, 5.74) is 1.74. The van der Waals surface area contributed by atoms with Crippen LogP contribution in [0.1, 0.15) is 24.5 Å². The monoisotopic (exact) mass is 359 g/mol. The number of benzene rings is 2. The van der Waals surface area contributed by atoms with Gasteiger partial charge in [0.1, 0.15) is 11.6 Å². The first-order valence-corrected chi connectivity index (χ1v) is 8.32. The Hall–Kier alpha value is -2.89. The van der Waals surface area contributed by atoms with Crippen molar-refractivity contribution in [3.63, 3.8) is 0 Å². The van der Waals surface area contributed by atoms with Crippen LogP contribution in [-0.4, -0.2) is 25.1 Å². The minimum atomic E-state index is -0.881. The molecule has 0 aliphatic carbocycles. The fourth-order valence-corrected chi connectivity index (χ4v) is 2.28. The van der Waals surface area contributed by atoms with Crippen molar-refractivity contribution in [1.29, 1.82) is 0 Å². The zero-order valence-electron chi connectivity index (χ0n) is 14.8. The van der Waals surface area contributed by atoms with Gasteiger partial charge >= 0.3 is 5.97 Å². The van der Waals surface area contributed by atoms with Gasteiger partial charge < -0.3 is 14.8 Å². The Morgan fingerprint density at radius 1 is 1.04 bits per heavy atom. The molecule has 0 unspecified atom stereocenters. The maximum absolute atomic E-state index is 12.8. The standard InChI is InChI=1S/C20H22FNO4/c1-14(20(24)22-13-16-5-10-18(25-2)11-6-16)26-19(23)12-7-15-3-8-17(21)9-4-15/h3-6,8-11,14H,7,12-13H2,1-2H3,(H,22,24)/t14-/m1/s1. The Morgan fingerprint density at radius 2 is 1.65 bits per heavy atom. The lowest BCUT2D eigenvalue weighted by atomic mass is 10.1. The number of amides is 1. The van der Waals surface area contributed by atoms with Gasteiger partial charge in [0.05, 0.1) is 7.11 Å². The number of hydrogen-bond acceptors (Lipinski definition) is 4. The zero-order chi connectivity index (χ0) is 18.9. The molecule has 2 aromatic carbocycles. The molecule has 0 spiro atoms. The van der Waals surface area contributed by atoms with E-state index in [1.165, 1.54) is 19.1 Å². The van der Waals surface area contributed by atoms with Crippen molar-refractivity contribution >= 4 is 11.9 Å². The predicted molar refractivity (Wildman–Crippen MR) is 95.1 cm³/mol. The minimum Gasteiger partial charge on any atom is -0.497 e. The predicted octanol–water partition coefficient (Wildman–Crippen LogP) is 3.02. The van der Waals surface area contributed by atoms with Crippen LogP contribution in [0.15, 0.2) is 48.5 Å². The van der Waals surface area contributed by atoms with E-state index in [4.69, 9.17) is 9.47 Å². The highest BCUT2D eigenvalue weighted by Gasteiger charge is 2.17. The number of aryl methyl sites for hydroxylation is 1. The minimum absolute atomic E-state index is 0.127. The van der Waals surface area contributed by atoms with Crippen molar-refractivity contribution in [3.8, 4) is 5.75 Å². The summed E-state index contributed by atoms with van der Waals surface area (Å²) in [7, 11) is 1.59. The van der Waals surface area contributed by atoms with Crippen molar-refractivity contribution in [2.45, 2.75) is 32.4 Å².